The van der Waals surface area contributed by atoms with Gasteiger partial charge >= 0.3 is 0 Å². The van der Waals surface area contributed by atoms with Crippen LogP contribution < -0.4 is 5.32 Å². The van der Waals surface area contributed by atoms with Gasteiger partial charge in [0.05, 0.1) is 0 Å². The maximum absolute atomic E-state index is 13.8. The molecule has 0 aliphatic rings. The summed E-state index contributed by atoms with van der Waals surface area (Å²) in [5.74, 6) is -0.384. The number of hydrogen-bond acceptors (Lipinski definition) is 1. The van der Waals surface area contributed by atoms with Gasteiger partial charge in [-0.3, -0.25) is 0 Å². The molecule has 0 fully saturated rings. The Morgan fingerprint density at radius 2 is 1.76 bits per heavy atom. The largest absolute Gasteiger partial charge is 0.310 e. The summed E-state index contributed by atoms with van der Waals surface area (Å²) in [6.45, 7) is 6.88. The molecule has 17 heavy (non-hydrogen) atoms. The SMILES string of the molecule is CCNC(c1cc(F)ccc1F)C(CC)CC. The molecule has 0 aliphatic carbocycles. The molecule has 0 saturated carbocycles. The highest BCUT2D eigenvalue weighted by Crippen LogP contribution is 2.29. The first-order valence-corrected chi connectivity index (χ1v) is 6.32. The van der Waals surface area contributed by atoms with Crippen LogP contribution in [0.4, 0.5) is 8.78 Å². The second-order valence-corrected chi connectivity index (χ2v) is 4.28. The highest BCUT2D eigenvalue weighted by atomic mass is 19.1. The molecule has 1 nitrogen and oxygen atoms in total. The number of rotatable bonds is 6. The molecule has 0 amide bonds. The van der Waals surface area contributed by atoms with E-state index in [9.17, 15) is 8.78 Å². The van der Waals surface area contributed by atoms with E-state index in [0.29, 0.717) is 11.5 Å². The maximum Gasteiger partial charge on any atom is 0.128 e. The fraction of sp³-hybridized carbons (Fsp3) is 0.571. The predicted molar refractivity (Wildman–Crippen MR) is 66.8 cm³/mol. The summed E-state index contributed by atoms with van der Waals surface area (Å²) < 4.78 is 27.0. The maximum atomic E-state index is 13.8. The number of hydrogen-bond donors (Lipinski definition) is 1. The fourth-order valence-corrected chi connectivity index (χ4v) is 2.26. The quantitative estimate of drug-likeness (QED) is 0.792. The third-order valence-electron chi connectivity index (χ3n) is 3.24. The van der Waals surface area contributed by atoms with Crippen molar-refractivity contribution in [3.8, 4) is 0 Å². The van der Waals surface area contributed by atoms with E-state index < -0.39 is 0 Å². The Labute approximate surface area is 102 Å². The minimum Gasteiger partial charge on any atom is -0.310 e. The molecule has 1 N–H and O–H groups in total. The van der Waals surface area contributed by atoms with Crippen LogP contribution in [0.3, 0.4) is 0 Å². The zero-order valence-corrected chi connectivity index (χ0v) is 10.8. The van der Waals surface area contributed by atoms with Gasteiger partial charge in [0.15, 0.2) is 0 Å². The van der Waals surface area contributed by atoms with Crippen LogP contribution in [0.5, 0.6) is 0 Å². The van der Waals surface area contributed by atoms with Gasteiger partial charge in [0.1, 0.15) is 11.6 Å². The van der Waals surface area contributed by atoms with Gasteiger partial charge in [0.2, 0.25) is 0 Å². The second kappa shape index (κ2) is 6.70. The monoisotopic (exact) mass is 241 g/mol. The summed E-state index contributed by atoms with van der Waals surface area (Å²) >= 11 is 0. The van der Waals surface area contributed by atoms with Crippen molar-refractivity contribution in [2.75, 3.05) is 6.54 Å². The second-order valence-electron chi connectivity index (χ2n) is 4.28. The summed E-state index contributed by atoms with van der Waals surface area (Å²) in [5.41, 5.74) is 0.445. The van der Waals surface area contributed by atoms with Gasteiger partial charge in [0.25, 0.3) is 0 Å². The molecule has 3 heteroatoms. The summed E-state index contributed by atoms with van der Waals surface area (Å²) in [4.78, 5) is 0. The van der Waals surface area contributed by atoms with Gasteiger partial charge in [0, 0.05) is 11.6 Å². The lowest BCUT2D eigenvalue weighted by molar-refractivity contribution is 0.336. The van der Waals surface area contributed by atoms with Crippen LogP contribution in [-0.2, 0) is 0 Å². The van der Waals surface area contributed by atoms with Crippen molar-refractivity contribution in [2.24, 2.45) is 5.92 Å². The Bertz CT molecular complexity index is 348. The molecule has 1 rings (SSSR count). The van der Waals surface area contributed by atoms with Gasteiger partial charge in [-0.05, 0) is 30.7 Å². The molecule has 1 aromatic carbocycles. The van der Waals surface area contributed by atoms with E-state index >= 15 is 0 Å². The van der Waals surface area contributed by atoms with Crippen LogP contribution >= 0.6 is 0 Å². The van der Waals surface area contributed by atoms with Gasteiger partial charge in [-0.1, -0.05) is 33.6 Å². The van der Waals surface area contributed by atoms with Crippen LogP contribution in [0.2, 0.25) is 0 Å². The van der Waals surface area contributed by atoms with Crippen LogP contribution in [0, 0.1) is 17.6 Å². The fourth-order valence-electron chi connectivity index (χ4n) is 2.26. The first-order valence-electron chi connectivity index (χ1n) is 6.32. The summed E-state index contributed by atoms with van der Waals surface area (Å²) in [6.07, 6.45) is 1.90. The van der Waals surface area contributed by atoms with Gasteiger partial charge in [-0.2, -0.15) is 0 Å². The highest BCUT2D eigenvalue weighted by Gasteiger charge is 2.22. The first kappa shape index (κ1) is 14.1. The third kappa shape index (κ3) is 3.50. The third-order valence-corrected chi connectivity index (χ3v) is 3.24. The standard InChI is InChI=1S/C14H21F2N/c1-4-10(5-2)14(17-6-3)12-9-11(15)7-8-13(12)16/h7-10,14,17H,4-6H2,1-3H3. The molecule has 1 aromatic rings. The van der Waals surface area contributed by atoms with Crippen molar-refractivity contribution >= 4 is 0 Å². The summed E-state index contributed by atoms with van der Waals surface area (Å²) in [7, 11) is 0. The van der Waals surface area contributed by atoms with Crippen molar-refractivity contribution in [3.63, 3.8) is 0 Å². The molecule has 0 spiro atoms. The van der Waals surface area contributed by atoms with Crippen molar-refractivity contribution in [2.45, 2.75) is 39.7 Å². The summed E-state index contributed by atoms with van der Waals surface area (Å²) in [5, 5.41) is 3.26. The zero-order valence-electron chi connectivity index (χ0n) is 10.8. The van der Waals surface area contributed by atoms with Gasteiger partial charge in [-0.15, -0.1) is 0 Å². The molecule has 0 aromatic heterocycles. The van der Waals surface area contributed by atoms with Crippen LogP contribution in [0.25, 0.3) is 0 Å². The average molecular weight is 241 g/mol. The number of benzene rings is 1. The minimum atomic E-state index is -0.379. The normalized spacial score (nSPS) is 13.1. The topological polar surface area (TPSA) is 12.0 Å². The molecule has 0 saturated heterocycles. The minimum absolute atomic E-state index is 0.106. The Morgan fingerprint density at radius 3 is 2.29 bits per heavy atom. The average Bonchev–Trinajstić information content (AvgIpc) is 2.33. The molecule has 0 radical (unpaired) electrons. The molecule has 0 bridgehead atoms. The molecule has 1 atom stereocenters. The molecular formula is C14H21F2N. The van der Waals surface area contributed by atoms with E-state index in [-0.39, 0.29) is 17.7 Å². The van der Waals surface area contributed by atoms with Crippen LogP contribution in [0.1, 0.15) is 45.2 Å². The van der Waals surface area contributed by atoms with E-state index in [0.717, 1.165) is 25.5 Å². The predicted octanol–water partition coefficient (Wildman–Crippen LogP) is 4.05. The lowest BCUT2D eigenvalue weighted by atomic mass is 9.88. The summed E-state index contributed by atoms with van der Waals surface area (Å²) in [6, 6.07) is 3.57. The van der Waals surface area contributed by atoms with Crippen molar-refractivity contribution in [1.82, 2.24) is 5.32 Å². The van der Waals surface area contributed by atoms with E-state index in [1.54, 1.807) is 0 Å². The molecular weight excluding hydrogens is 220 g/mol. The lowest BCUT2D eigenvalue weighted by Crippen LogP contribution is -2.28. The van der Waals surface area contributed by atoms with Gasteiger partial charge < -0.3 is 5.32 Å². The van der Waals surface area contributed by atoms with Crippen LogP contribution in [-0.4, -0.2) is 6.54 Å². The van der Waals surface area contributed by atoms with Crippen molar-refractivity contribution < 1.29 is 8.78 Å². The Hall–Kier alpha value is -0.960. The van der Waals surface area contributed by atoms with Crippen LogP contribution in [0.15, 0.2) is 18.2 Å². The Morgan fingerprint density at radius 1 is 1.12 bits per heavy atom. The molecule has 1 unspecified atom stereocenters. The van der Waals surface area contributed by atoms with Crippen molar-refractivity contribution in [1.29, 1.82) is 0 Å². The smallest absolute Gasteiger partial charge is 0.128 e. The van der Waals surface area contributed by atoms with E-state index in [1.165, 1.54) is 12.1 Å². The van der Waals surface area contributed by atoms with E-state index in [2.05, 4.69) is 19.2 Å². The first-order chi connectivity index (χ1) is 8.13. The Balaban J connectivity index is 3.07. The van der Waals surface area contributed by atoms with Gasteiger partial charge in [-0.25, -0.2) is 8.78 Å². The molecule has 0 aliphatic heterocycles. The zero-order chi connectivity index (χ0) is 12.8. The Kier molecular flexibility index (Phi) is 5.56. The van der Waals surface area contributed by atoms with Crippen molar-refractivity contribution in [3.05, 3.63) is 35.4 Å². The molecule has 96 valence electrons. The number of halogens is 2. The van der Waals surface area contributed by atoms with E-state index in [1.807, 2.05) is 6.92 Å². The highest BCUT2D eigenvalue weighted by molar-refractivity contribution is 5.23. The number of nitrogens with one attached hydrogen (secondary N) is 1. The molecule has 0 heterocycles. The van der Waals surface area contributed by atoms with E-state index in [4.69, 9.17) is 0 Å². The lowest BCUT2D eigenvalue weighted by Gasteiger charge is -2.27.